The lowest BCUT2D eigenvalue weighted by molar-refractivity contribution is -0.660. The summed E-state index contributed by atoms with van der Waals surface area (Å²) in [7, 11) is 7.55. The minimum Gasteiger partial charge on any atom is -0.437 e. The molecule has 1 saturated carbocycles. The molecule has 0 spiro atoms. The first-order chi connectivity index (χ1) is 62.4. The molecule has 1 fully saturated rings. The lowest BCUT2D eigenvalue weighted by Crippen LogP contribution is -2.31. The summed E-state index contributed by atoms with van der Waals surface area (Å²) in [6.45, 7) is 1.07. The molecule has 12 nitrogen and oxygen atoms in total. The van der Waals surface area contributed by atoms with E-state index in [1.807, 2.05) is 177 Å². The van der Waals surface area contributed by atoms with Crippen LogP contribution in [0.5, 0.6) is 0 Å². The predicted octanol–water partition coefficient (Wildman–Crippen LogP) is 23.1. The minimum absolute atomic E-state index is 0.00397. The van der Waals surface area contributed by atoms with Crippen molar-refractivity contribution in [1.29, 1.82) is 0 Å². The second kappa shape index (κ2) is 31.0. The molecule has 0 saturated heterocycles. The fourth-order valence-electron chi connectivity index (χ4n) is 15.0. The monoisotopic (exact) mass is 1490 g/mol. The summed E-state index contributed by atoms with van der Waals surface area (Å²) in [6, 6.07) is 45.9. The summed E-state index contributed by atoms with van der Waals surface area (Å²) in [5, 5.41) is 6.99. The number of nitrogens with zero attached hydrogens (tertiary/aromatic N) is 8. The van der Waals surface area contributed by atoms with Crippen molar-refractivity contribution < 1.29 is 70.2 Å². The minimum atomic E-state index is -2.71. The van der Waals surface area contributed by atoms with Crippen LogP contribution < -0.4 is 18.3 Å². The van der Waals surface area contributed by atoms with Gasteiger partial charge in [0.05, 0.1) is 22.3 Å². The maximum atomic E-state index is 8.83. The summed E-state index contributed by atoms with van der Waals surface area (Å²) >= 11 is 0. The molecule has 0 radical (unpaired) electrons. The molecule has 2 atom stereocenters. The van der Waals surface area contributed by atoms with Crippen molar-refractivity contribution in [2.24, 2.45) is 39.5 Å². The summed E-state index contributed by atoms with van der Waals surface area (Å²) in [5.41, 5.74) is 18.8. The molecule has 12 aromatic heterocycles. The third-order valence-corrected chi connectivity index (χ3v) is 20.6. The summed E-state index contributed by atoms with van der Waals surface area (Å²) in [5.74, 6) is -3.05. The average Bonchev–Trinajstić information content (AvgIpc) is 1.72. The first-order valence-electron chi connectivity index (χ1n) is 49.7. The molecule has 0 amide bonds. The molecule has 1 aliphatic carbocycles. The van der Waals surface area contributed by atoms with Gasteiger partial charge in [-0.25, -0.2) is 38.2 Å². The van der Waals surface area contributed by atoms with E-state index in [0.29, 0.717) is 81.5 Å². The van der Waals surface area contributed by atoms with E-state index < -0.39 is 71.5 Å². The molecule has 0 bridgehead atoms. The Balaban J connectivity index is 0.000000145. The van der Waals surface area contributed by atoms with Crippen molar-refractivity contribution >= 4 is 88.3 Å². The number of benzene rings is 4. The Morgan fingerprint density at radius 3 is 1.15 bits per heavy atom. The van der Waals surface area contributed by atoms with Gasteiger partial charge in [-0.2, -0.15) is 0 Å². The van der Waals surface area contributed by atoms with Crippen molar-refractivity contribution in [3.63, 3.8) is 0 Å². The number of rotatable bonds is 12. The van der Waals surface area contributed by atoms with Crippen molar-refractivity contribution in [2.75, 3.05) is 0 Å². The molecule has 0 N–H and O–H groups in total. The van der Waals surface area contributed by atoms with E-state index in [1.165, 1.54) is 13.8 Å². The van der Waals surface area contributed by atoms with Crippen LogP contribution in [0, 0.1) is 39.0 Å². The van der Waals surface area contributed by atoms with Crippen molar-refractivity contribution in [2.45, 2.75) is 186 Å². The molecule has 12 heterocycles. The highest BCUT2D eigenvalue weighted by molar-refractivity contribution is 6.12. The molecule has 110 heavy (non-hydrogen) atoms. The lowest BCUT2D eigenvalue weighted by atomic mass is 9.90. The van der Waals surface area contributed by atoms with Gasteiger partial charge in [0.25, 0.3) is 0 Å². The first-order valence-corrected chi connectivity index (χ1v) is 37.2. The zero-order valence-corrected chi connectivity index (χ0v) is 64.7. The Morgan fingerprint density at radius 1 is 0.436 bits per heavy atom. The number of aromatic nitrogens is 8. The van der Waals surface area contributed by atoms with Crippen LogP contribution in [0.3, 0.4) is 0 Å². The molecule has 17 rings (SSSR count). The molecular weight excluding hydrogens is 1350 g/mol. The van der Waals surface area contributed by atoms with Gasteiger partial charge in [-0.15, -0.1) is 0 Å². The van der Waals surface area contributed by atoms with Crippen LogP contribution in [0.15, 0.2) is 188 Å². The van der Waals surface area contributed by atoms with Gasteiger partial charge in [0.2, 0.25) is 45.6 Å². The maximum absolute atomic E-state index is 8.83. The molecule has 562 valence electrons. The van der Waals surface area contributed by atoms with Gasteiger partial charge in [-0.3, -0.25) is 0 Å². The molecule has 1 aliphatic rings. The summed E-state index contributed by atoms with van der Waals surface area (Å²) in [6.07, 6.45) is 6.88. The van der Waals surface area contributed by atoms with E-state index in [9.17, 15) is 0 Å². The Bertz CT molecular complexity index is 7250. The Morgan fingerprint density at radius 2 is 0.791 bits per heavy atom. The smallest absolute Gasteiger partial charge is 0.227 e. The fourth-order valence-corrected chi connectivity index (χ4v) is 15.0. The lowest BCUT2D eigenvalue weighted by Gasteiger charge is -2.16. The highest BCUT2D eigenvalue weighted by atomic mass is 16.4. The molecule has 4 aromatic carbocycles. The third kappa shape index (κ3) is 15.2. The molecular formula is C98H110N8O4+4. The van der Waals surface area contributed by atoms with Gasteiger partial charge >= 0.3 is 0 Å². The maximum Gasteiger partial charge on any atom is 0.227 e. The Kier molecular flexibility index (Phi) is 14.3. The number of aryl methyl sites for hydroxylation is 12. The normalized spacial score (nSPS) is 19.2. The van der Waals surface area contributed by atoms with Gasteiger partial charge in [0.15, 0.2) is 47.1 Å². The second-order valence-corrected chi connectivity index (χ2v) is 30.4. The molecule has 16 aromatic rings. The number of furan rings is 4. The van der Waals surface area contributed by atoms with E-state index in [1.54, 1.807) is 36.5 Å². The van der Waals surface area contributed by atoms with E-state index in [-0.39, 0.29) is 43.9 Å². The van der Waals surface area contributed by atoms with Crippen LogP contribution in [-0.4, -0.2) is 19.9 Å². The number of hydrogen-bond acceptors (Lipinski definition) is 8. The van der Waals surface area contributed by atoms with E-state index in [4.69, 9.17) is 56.9 Å². The van der Waals surface area contributed by atoms with E-state index >= 15 is 0 Å². The van der Waals surface area contributed by atoms with Crippen LogP contribution in [0.25, 0.3) is 133 Å². The van der Waals surface area contributed by atoms with Crippen LogP contribution in [0.1, 0.15) is 216 Å². The van der Waals surface area contributed by atoms with Crippen LogP contribution in [0.4, 0.5) is 0 Å². The predicted molar refractivity (Wildman–Crippen MR) is 451 cm³/mol. The van der Waals surface area contributed by atoms with E-state index in [2.05, 4.69) is 66.9 Å². The number of hydrogen-bond donors (Lipinski definition) is 0. The quantitative estimate of drug-likeness (QED) is 0.111. The number of fused-ring (bicyclic) bond motifs is 12. The Labute approximate surface area is 684 Å². The van der Waals surface area contributed by atoms with Crippen molar-refractivity contribution in [1.82, 2.24) is 19.9 Å². The van der Waals surface area contributed by atoms with Gasteiger partial charge < -0.3 is 17.7 Å². The summed E-state index contributed by atoms with van der Waals surface area (Å²) in [4.78, 5) is 18.5. The van der Waals surface area contributed by atoms with Crippen molar-refractivity contribution in [3.8, 4) is 45.0 Å². The van der Waals surface area contributed by atoms with Gasteiger partial charge in [0, 0.05) is 158 Å². The zero-order valence-electron chi connectivity index (χ0n) is 89.7. The van der Waals surface area contributed by atoms with Crippen LogP contribution in [0.2, 0.25) is 0 Å². The number of pyridine rings is 8. The highest BCUT2D eigenvalue weighted by Gasteiger charge is 2.29. The summed E-state index contributed by atoms with van der Waals surface area (Å²) < 4.78 is 227. The zero-order chi connectivity index (χ0) is 98.9. The Hall–Kier alpha value is -10.7. The van der Waals surface area contributed by atoms with E-state index in [0.717, 1.165) is 138 Å². The van der Waals surface area contributed by atoms with Gasteiger partial charge in [-0.05, 0) is 185 Å². The molecule has 0 aliphatic heterocycles. The van der Waals surface area contributed by atoms with Gasteiger partial charge in [-0.1, -0.05) is 144 Å². The standard InChI is InChI=1S/C25H27N2O.C25H29N2O.2C24H27N2O/c1-4-17-10-14-22(27(3)15-17)23-16(2)9-11-19-20-12-13-21(18-7-5-6-8-18)26-25(20)28-24(19)23;1-7-17-9-13-21(27(6)15-17)22-16(2)8-11-19-20-12-10-18(14-25(3,4)5)26-24(20)28-23(19)22;1-7-16-9-12-19(26(6)14-16)21-15(2)8-10-17-18-11-13-20(24(3,4)5)25-23(18)27-22(17)21;1-6-17-8-12-21(26(5)14-17)22-16(4)7-10-19-20-11-9-18(13-15(2)3)25-24(20)27-23(19)22/h9-15,18H,4-8H2,1-3H3;8-13,15H,7,14H2,1-6H3;8-14H,7H2,1-6H3;7-12,14-15H,6,13H2,1-5H3/q4*+1/i1D3,7D2,18D;1D3,3D3,4D3;1D3;1D3,2D3,15D. The average molecular weight is 1490 g/mol. The third-order valence-electron chi connectivity index (χ3n) is 20.6. The largest absolute Gasteiger partial charge is 0.437 e. The van der Waals surface area contributed by atoms with Gasteiger partial charge in [0.1, 0.15) is 28.2 Å². The van der Waals surface area contributed by atoms with Crippen LogP contribution in [-0.2, 0) is 72.1 Å². The first kappa shape index (κ1) is 50.9. The molecule has 2 unspecified atom stereocenters. The topological polar surface area (TPSA) is 120 Å². The fraction of sp³-hybridized carbons (Fsp3) is 0.347. The highest BCUT2D eigenvalue weighted by Crippen LogP contribution is 2.43. The molecule has 12 heteroatoms. The van der Waals surface area contributed by atoms with Crippen LogP contribution >= 0.6 is 0 Å². The SMILES string of the molecule is [2H]C([2H])([2H])Cc1ccc(-c2c(C)ccc3c2oc2nc(C(C)(C)C)ccc23)[n+](C)c1.[2H]C([2H])([2H])Cc1ccc(-c2c(C)ccc3c2oc2nc(C4([2H])CCCC4([2H])[2H])ccc23)[n+](C)c1.[2H]C([2H])([2H])Cc1ccc(-c2c(C)ccc3c2oc2nc(CC(C)(C([2H])([2H])[2H])C([2H])([2H])[2H])ccc23)[n+](C)c1.[2H]C([2H])([2H])Cc1ccc(-c2c(C)ccc3c2oc2nc(CC([2H])(C)C([2H])([2H])[2H])ccc23)[n+](C)c1. The van der Waals surface area contributed by atoms with Crippen molar-refractivity contribution in [3.05, 3.63) is 238 Å². The second-order valence-electron chi connectivity index (χ2n) is 30.4.